The van der Waals surface area contributed by atoms with Crippen LogP contribution in [0.1, 0.15) is 0 Å². The van der Waals surface area contributed by atoms with Gasteiger partial charge in [-0.15, -0.1) is 45.3 Å². The molecule has 10 aromatic heterocycles. The van der Waals surface area contributed by atoms with Gasteiger partial charge < -0.3 is 27.1 Å². The van der Waals surface area contributed by atoms with Gasteiger partial charge in [0.2, 0.25) is 0 Å². The predicted octanol–water partition coefficient (Wildman–Crippen LogP) is 43.3. The first-order chi connectivity index (χ1) is 74.1. The third-order valence-corrected chi connectivity index (χ3v) is 36.9. The molecule has 33 rings (SSSR count). The van der Waals surface area contributed by atoms with Gasteiger partial charge in [-0.1, -0.05) is 355 Å². The Kier molecular flexibility index (Phi) is 21.3. The van der Waals surface area contributed by atoms with Gasteiger partial charge in [-0.3, -0.25) is 0 Å². The molecule has 14 heteroatoms. The van der Waals surface area contributed by atoms with Crippen LogP contribution in [0.25, 0.3) is 290 Å². The molecule has 150 heavy (non-hydrogen) atoms. The van der Waals surface area contributed by atoms with Crippen molar-refractivity contribution in [3.8, 4) is 67.3 Å². The molecule has 23 aromatic carbocycles. The fourth-order valence-corrected chi connectivity index (χ4v) is 29.4. The number of benzene rings is 23. The highest BCUT2D eigenvalue weighted by Crippen LogP contribution is 2.55. The van der Waals surface area contributed by atoms with Gasteiger partial charge in [0.1, 0.15) is 22.3 Å². The maximum Gasteiger partial charge on any atom is 0.145 e. The number of hydrogen-bond acceptors (Lipinski definition) is 6. The van der Waals surface area contributed by atoms with Crippen LogP contribution in [0.3, 0.4) is 0 Å². The van der Waals surface area contributed by atoms with E-state index in [1.807, 2.05) is 63.5 Å². The lowest BCUT2D eigenvalue weighted by Crippen LogP contribution is -1.95. The van der Waals surface area contributed by atoms with Gasteiger partial charge in [0.15, 0.2) is 0 Å². The smallest absolute Gasteiger partial charge is 0.145 e. The van der Waals surface area contributed by atoms with Crippen LogP contribution >= 0.6 is 109 Å². The highest BCUT2D eigenvalue weighted by atomic mass is 79.9. The maximum atomic E-state index is 6.54. The standard InChI is InChI=1S/C36H20BrNOS.C36H20BrNS2.C34H20BrNS.C30H18BrNO/c37-22-15-13-21(14-16-22)28-20-29-24-7-1-4-10-30(24)38(35(29)34-27-9-3-6-12-33(27)40-36(28)34)23-17-18-26-25-8-2-5-11-31(25)39-32(26)19-23;37-22-15-13-21(14-16-22)28-20-29-24-7-1-4-10-30(24)38(35(29)34-27-9-3-6-12-32(27)40-36(28)34)23-17-18-26-25-8-2-5-11-31(25)39-33(26)19-23;35-23-18-16-22(17-19-23)27-20-28-25-11-3-5-13-30(25)36(29-14-7-9-21-8-1-2-10-24(21)29)33(28)32-26-12-4-6-15-31(26)37-34(27)32;31-20-16-14-19(15-17-20)24-18-25-22-10-4-6-12-26(22)32(21-8-2-1-3-9-21)29(25)28-23-11-5-7-13-27(23)33-30(24)28/h2*1-20H;1-20H;1-18H. The zero-order valence-corrected chi connectivity index (χ0v) is 89.4. The van der Waals surface area contributed by atoms with Gasteiger partial charge in [-0.25, -0.2) is 0 Å². The third-order valence-electron chi connectivity index (χ3n) is 30.0. The Bertz CT molecular complexity index is 11000. The first-order valence-corrected chi connectivity index (χ1v) is 56.4. The zero-order valence-electron chi connectivity index (χ0n) is 79.8. The van der Waals surface area contributed by atoms with Crippen LogP contribution in [0.5, 0.6) is 0 Å². The van der Waals surface area contributed by atoms with Gasteiger partial charge in [-0.05, 0) is 204 Å². The number of aromatic nitrogens is 4. The quantitative estimate of drug-likeness (QED) is 0.152. The molecule has 0 N–H and O–H groups in total. The summed E-state index contributed by atoms with van der Waals surface area (Å²) >= 11 is 22.0. The molecule has 0 fully saturated rings. The molecule has 706 valence electrons. The van der Waals surface area contributed by atoms with Crippen molar-refractivity contribution in [3.05, 3.63) is 491 Å². The van der Waals surface area contributed by atoms with Crippen LogP contribution < -0.4 is 0 Å². The van der Waals surface area contributed by atoms with Crippen molar-refractivity contribution in [2.45, 2.75) is 0 Å². The number of rotatable bonds is 8. The molecule has 10 heterocycles. The van der Waals surface area contributed by atoms with Gasteiger partial charge in [0.25, 0.3) is 0 Å². The Balaban J connectivity index is 0.0000000921. The van der Waals surface area contributed by atoms with Crippen molar-refractivity contribution in [2.24, 2.45) is 0 Å². The Morgan fingerprint density at radius 1 is 0.180 bits per heavy atom. The summed E-state index contributed by atoms with van der Waals surface area (Å²) in [4.78, 5) is 0. The van der Waals surface area contributed by atoms with E-state index >= 15 is 0 Å². The molecular weight excluding hydrogens is 2170 g/mol. The Labute approximate surface area is 908 Å². The molecule has 0 aliphatic heterocycles. The lowest BCUT2D eigenvalue weighted by molar-refractivity contribution is 0.668. The summed E-state index contributed by atoms with van der Waals surface area (Å²) in [5.74, 6) is 0. The monoisotopic (exact) mass is 2240 g/mol. The van der Waals surface area contributed by atoms with Crippen molar-refractivity contribution in [1.29, 1.82) is 0 Å². The number of thiophene rings is 4. The Hall–Kier alpha value is -16.1. The SMILES string of the molecule is Brc1ccc(-c2cc3c4ccccc4n(-c4ccc5c(c4)oc4ccccc45)c3c3c2sc2ccccc23)cc1.Brc1ccc(-c2cc3c4ccccc4n(-c4ccc5c(c4)sc4ccccc45)c3c3c2sc2ccccc23)cc1.Brc1ccc(-c2cc3c4ccccc4n(-c4cccc5ccccc45)c3c3c2sc2ccccc23)cc1.Brc1ccc(-c2cc3c4ccccc4n(-c4ccccc4)c3c3c2oc2ccccc23)cc1. The van der Waals surface area contributed by atoms with Crippen molar-refractivity contribution in [1.82, 2.24) is 18.3 Å². The Morgan fingerprint density at radius 3 is 0.973 bits per heavy atom. The molecule has 0 atom stereocenters. The number of para-hydroxylation sites is 7. The van der Waals surface area contributed by atoms with Crippen LogP contribution in [0, 0.1) is 0 Å². The second-order valence-electron chi connectivity index (χ2n) is 38.3. The molecule has 33 aromatic rings. The number of halogens is 4. The van der Waals surface area contributed by atoms with Gasteiger partial charge in [0.05, 0.1) is 55.2 Å². The van der Waals surface area contributed by atoms with Crippen LogP contribution in [0.4, 0.5) is 0 Å². The molecule has 0 aliphatic rings. The van der Waals surface area contributed by atoms with Gasteiger partial charge in [-0.2, -0.15) is 0 Å². The first kappa shape index (κ1) is 89.1. The lowest BCUT2D eigenvalue weighted by Gasteiger charge is -2.13. The van der Waals surface area contributed by atoms with E-state index < -0.39 is 0 Å². The van der Waals surface area contributed by atoms with Crippen molar-refractivity contribution in [2.75, 3.05) is 0 Å². The molecule has 0 saturated carbocycles. The molecule has 0 saturated heterocycles. The van der Waals surface area contributed by atoms with E-state index in [-0.39, 0.29) is 0 Å². The summed E-state index contributed by atoms with van der Waals surface area (Å²) in [7, 11) is 0. The molecular formula is C136H78Br4N4O2S4. The van der Waals surface area contributed by atoms with E-state index in [2.05, 4.69) is 537 Å². The van der Waals surface area contributed by atoms with E-state index in [0.717, 1.165) is 84.3 Å². The average Bonchev–Trinajstić information content (AvgIpc) is 1.56. The average molecular weight is 2250 g/mol. The highest BCUT2D eigenvalue weighted by Gasteiger charge is 2.30. The fraction of sp³-hybridized carbons (Fsp3) is 0. The number of fused-ring (bicyclic) bond motifs is 35. The molecule has 0 unspecified atom stereocenters. The summed E-state index contributed by atoms with van der Waals surface area (Å²) in [5.41, 5.74) is 28.0. The molecule has 0 spiro atoms. The normalized spacial score (nSPS) is 12.0. The second-order valence-corrected chi connectivity index (χ2v) is 46.2. The number of furan rings is 2. The summed E-state index contributed by atoms with van der Waals surface area (Å²) in [6, 6.07) is 171. The fourth-order valence-electron chi connectivity index (χ4n) is 23.5. The molecule has 0 radical (unpaired) electrons. The molecule has 0 aliphatic carbocycles. The van der Waals surface area contributed by atoms with Gasteiger partial charge in [0, 0.05) is 209 Å². The maximum absolute atomic E-state index is 6.54. The number of nitrogens with zero attached hydrogens (tertiary/aromatic N) is 4. The largest absolute Gasteiger partial charge is 0.456 e. The molecule has 6 nitrogen and oxygen atoms in total. The van der Waals surface area contributed by atoms with Crippen LogP contribution in [0.15, 0.2) is 500 Å². The second kappa shape index (κ2) is 35.9. The molecule has 0 bridgehead atoms. The van der Waals surface area contributed by atoms with E-state index in [4.69, 9.17) is 8.83 Å². The zero-order chi connectivity index (χ0) is 99.2. The topological polar surface area (TPSA) is 46.0 Å². The van der Waals surface area contributed by atoms with Gasteiger partial charge >= 0.3 is 0 Å². The van der Waals surface area contributed by atoms with E-state index in [0.29, 0.717) is 0 Å². The minimum atomic E-state index is 0.905. The lowest BCUT2D eigenvalue weighted by atomic mass is 9.98. The van der Waals surface area contributed by atoms with Crippen molar-refractivity contribution >= 4 is 332 Å². The van der Waals surface area contributed by atoms with E-state index in [9.17, 15) is 0 Å². The van der Waals surface area contributed by atoms with E-state index in [1.54, 1.807) is 0 Å². The Morgan fingerprint density at radius 2 is 0.500 bits per heavy atom. The highest BCUT2D eigenvalue weighted by molar-refractivity contribution is 9.11. The van der Waals surface area contributed by atoms with E-state index in [1.165, 1.54) is 223 Å². The van der Waals surface area contributed by atoms with Crippen LogP contribution in [-0.2, 0) is 0 Å². The summed E-state index contributed by atoms with van der Waals surface area (Å²) < 4.78 is 37.6. The van der Waals surface area contributed by atoms with Crippen molar-refractivity contribution < 1.29 is 8.83 Å². The minimum Gasteiger partial charge on any atom is -0.456 e. The predicted molar refractivity (Wildman–Crippen MR) is 659 cm³/mol. The minimum absolute atomic E-state index is 0.905. The summed E-state index contributed by atoms with van der Waals surface area (Å²) in [5, 5.41) is 27.8. The summed E-state index contributed by atoms with van der Waals surface area (Å²) in [6.07, 6.45) is 0. The van der Waals surface area contributed by atoms with Crippen LogP contribution in [0.2, 0.25) is 0 Å². The molecule has 0 amide bonds. The third kappa shape index (κ3) is 14.4. The van der Waals surface area contributed by atoms with Crippen LogP contribution in [-0.4, -0.2) is 18.3 Å². The number of hydrogen-bond donors (Lipinski definition) is 0. The summed E-state index contributed by atoms with van der Waals surface area (Å²) in [6.45, 7) is 0. The first-order valence-electron chi connectivity index (χ1n) is 50.0. The van der Waals surface area contributed by atoms with Crippen molar-refractivity contribution in [3.63, 3.8) is 0 Å².